The number of aromatic nitrogens is 1. The normalized spacial score (nSPS) is 19.8. The molecule has 0 radical (unpaired) electrons. The van der Waals surface area contributed by atoms with Crippen LogP contribution in [0.4, 0.5) is 5.82 Å². The van der Waals surface area contributed by atoms with Crippen molar-refractivity contribution in [3.05, 3.63) is 24.4 Å². The van der Waals surface area contributed by atoms with Gasteiger partial charge in [0.15, 0.2) is 5.11 Å². The van der Waals surface area contributed by atoms with Gasteiger partial charge in [0.25, 0.3) is 0 Å². The van der Waals surface area contributed by atoms with Crippen molar-refractivity contribution in [3.8, 4) is 0 Å². The number of thiocarbonyl (C=S) groups is 1. The van der Waals surface area contributed by atoms with Crippen molar-refractivity contribution < 1.29 is 0 Å². The highest BCUT2D eigenvalue weighted by molar-refractivity contribution is 7.80. The lowest BCUT2D eigenvalue weighted by molar-refractivity contribution is 0.378. The van der Waals surface area contributed by atoms with E-state index in [1.54, 1.807) is 0 Å². The van der Waals surface area contributed by atoms with Crippen LogP contribution >= 0.6 is 12.2 Å². The number of hydrogen-bond acceptors (Lipinski definition) is 3. The molecular weight excluding hydrogens is 244 g/mol. The number of nitrogens with zero attached hydrogens (tertiary/aromatic N) is 3. The Labute approximate surface area is 113 Å². The second kappa shape index (κ2) is 5.10. The van der Waals surface area contributed by atoms with E-state index in [-0.39, 0.29) is 0 Å². The van der Waals surface area contributed by atoms with Gasteiger partial charge >= 0.3 is 0 Å². The van der Waals surface area contributed by atoms with E-state index in [0.717, 1.165) is 37.1 Å². The highest BCUT2D eigenvalue weighted by Crippen LogP contribution is 2.19. The molecule has 0 spiro atoms. The Kier molecular flexibility index (Phi) is 3.32. The molecule has 2 heterocycles. The minimum Gasteiger partial charge on any atom is -0.360 e. The Bertz CT molecular complexity index is 410. The first-order chi connectivity index (χ1) is 8.83. The fourth-order valence-electron chi connectivity index (χ4n) is 2.17. The lowest BCUT2D eigenvalue weighted by atomic mass is 10.3. The van der Waals surface area contributed by atoms with E-state index in [1.807, 2.05) is 18.3 Å². The third-order valence-corrected chi connectivity index (χ3v) is 3.82. The molecule has 1 aromatic rings. The summed E-state index contributed by atoms with van der Waals surface area (Å²) in [7, 11) is 0. The molecule has 0 atom stereocenters. The van der Waals surface area contributed by atoms with Crippen LogP contribution in [0, 0.1) is 0 Å². The van der Waals surface area contributed by atoms with E-state index in [4.69, 9.17) is 12.2 Å². The third-order valence-electron chi connectivity index (χ3n) is 3.45. The summed E-state index contributed by atoms with van der Waals surface area (Å²) < 4.78 is 0. The van der Waals surface area contributed by atoms with Crippen LogP contribution in [0.1, 0.15) is 12.8 Å². The molecule has 3 rings (SSSR count). The molecule has 4 nitrogen and oxygen atoms in total. The fraction of sp³-hybridized carbons (Fsp3) is 0.538. The predicted octanol–water partition coefficient (Wildman–Crippen LogP) is 1.24. The molecule has 0 unspecified atom stereocenters. The Morgan fingerprint density at radius 1 is 1.22 bits per heavy atom. The molecule has 0 amide bonds. The van der Waals surface area contributed by atoms with Gasteiger partial charge in [-0.15, -0.1) is 0 Å². The zero-order valence-corrected chi connectivity index (χ0v) is 11.2. The molecule has 0 aromatic carbocycles. The van der Waals surface area contributed by atoms with Crippen molar-refractivity contribution in [1.82, 2.24) is 15.2 Å². The second-order valence-corrected chi connectivity index (χ2v) is 5.27. The zero-order valence-electron chi connectivity index (χ0n) is 10.4. The van der Waals surface area contributed by atoms with E-state index in [2.05, 4.69) is 26.2 Å². The van der Waals surface area contributed by atoms with Gasteiger partial charge in [0.2, 0.25) is 0 Å². The van der Waals surface area contributed by atoms with Gasteiger partial charge < -0.3 is 15.1 Å². The highest BCUT2D eigenvalue weighted by Gasteiger charge is 2.25. The zero-order chi connectivity index (χ0) is 12.4. The standard InChI is InChI=1S/C13H18N4S/c18-13(15-11-4-5-11)17-9-7-16(8-10-17)12-3-1-2-6-14-12/h1-3,6,11H,4-5,7-10H2,(H,15,18). The number of nitrogens with one attached hydrogen (secondary N) is 1. The quantitative estimate of drug-likeness (QED) is 0.811. The molecule has 2 fully saturated rings. The van der Waals surface area contributed by atoms with Crippen molar-refractivity contribution in [2.45, 2.75) is 18.9 Å². The van der Waals surface area contributed by atoms with Gasteiger partial charge in [0, 0.05) is 38.4 Å². The van der Waals surface area contributed by atoms with Crippen molar-refractivity contribution in [2.24, 2.45) is 0 Å². The molecule has 2 aliphatic rings. The first-order valence-electron chi connectivity index (χ1n) is 6.54. The van der Waals surface area contributed by atoms with E-state index >= 15 is 0 Å². The number of rotatable bonds is 2. The molecule has 5 heteroatoms. The Morgan fingerprint density at radius 3 is 2.61 bits per heavy atom. The average molecular weight is 262 g/mol. The number of piperazine rings is 1. The SMILES string of the molecule is S=C(NC1CC1)N1CCN(c2ccccn2)CC1. The summed E-state index contributed by atoms with van der Waals surface area (Å²) in [5.74, 6) is 1.07. The topological polar surface area (TPSA) is 31.4 Å². The number of pyridine rings is 1. The third kappa shape index (κ3) is 2.72. The molecule has 1 saturated carbocycles. The minimum atomic E-state index is 0.645. The van der Waals surface area contributed by atoms with Crippen LogP contribution in [0.5, 0.6) is 0 Å². The maximum Gasteiger partial charge on any atom is 0.169 e. The summed E-state index contributed by atoms with van der Waals surface area (Å²) in [6.07, 6.45) is 4.39. The van der Waals surface area contributed by atoms with Crippen molar-refractivity contribution in [2.75, 3.05) is 31.1 Å². The molecule has 1 aliphatic heterocycles. The van der Waals surface area contributed by atoms with Crippen LogP contribution in [-0.2, 0) is 0 Å². The van der Waals surface area contributed by atoms with Crippen molar-refractivity contribution in [3.63, 3.8) is 0 Å². The van der Waals surface area contributed by atoms with Crippen LogP contribution in [0.2, 0.25) is 0 Å². The minimum absolute atomic E-state index is 0.645. The van der Waals surface area contributed by atoms with Crippen LogP contribution in [-0.4, -0.2) is 47.2 Å². The molecule has 1 aliphatic carbocycles. The van der Waals surface area contributed by atoms with Gasteiger partial charge in [0.1, 0.15) is 5.82 Å². The Balaban J connectivity index is 1.53. The number of anilines is 1. The molecule has 18 heavy (non-hydrogen) atoms. The molecule has 96 valence electrons. The first-order valence-corrected chi connectivity index (χ1v) is 6.95. The van der Waals surface area contributed by atoms with Gasteiger partial charge in [-0.3, -0.25) is 0 Å². The molecule has 1 aromatic heterocycles. The van der Waals surface area contributed by atoms with Gasteiger partial charge in [-0.1, -0.05) is 6.07 Å². The Hall–Kier alpha value is -1.36. The van der Waals surface area contributed by atoms with Crippen molar-refractivity contribution >= 4 is 23.1 Å². The van der Waals surface area contributed by atoms with E-state index in [0.29, 0.717) is 6.04 Å². The van der Waals surface area contributed by atoms with Gasteiger partial charge in [-0.05, 0) is 37.2 Å². The predicted molar refractivity (Wildman–Crippen MR) is 76.8 cm³/mol. The summed E-state index contributed by atoms with van der Waals surface area (Å²) >= 11 is 5.43. The number of hydrogen-bond donors (Lipinski definition) is 1. The smallest absolute Gasteiger partial charge is 0.169 e. The van der Waals surface area contributed by atoms with Crippen molar-refractivity contribution in [1.29, 1.82) is 0 Å². The molecular formula is C13H18N4S. The van der Waals surface area contributed by atoms with Gasteiger partial charge in [-0.2, -0.15) is 0 Å². The average Bonchev–Trinajstić information content (AvgIpc) is 3.24. The summed E-state index contributed by atoms with van der Waals surface area (Å²) in [6, 6.07) is 6.70. The van der Waals surface area contributed by atoms with E-state index in [9.17, 15) is 0 Å². The molecule has 1 N–H and O–H groups in total. The summed E-state index contributed by atoms with van der Waals surface area (Å²) in [6.45, 7) is 3.94. The van der Waals surface area contributed by atoms with E-state index < -0.39 is 0 Å². The van der Waals surface area contributed by atoms with Gasteiger partial charge in [0.05, 0.1) is 0 Å². The first kappa shape index (κ1) is 11.7. The second-order valence-electron chi connectivity index (χ2n) is 4.89. The molecule has 0 bridgehead atoms. The van der Waals surface area contributed by atoms with E-state index in [1.165, 1.54) is 12.8 Å². The summed E-state index contributed by atoms with van der Waals surface area (Å²) in [5, 5.41) is 4.33. The maximum absolute atomic E-state index is 5.43. The fourth-order valence-corrected chi connectivity index (χ4v) is 2.52. The summed E-state index contributed by atoms with van der Waals surface area (Å²) in [5.41, 5.74) is 0. The maximum atomic E-state index is 5.43. The monoisotopic (exact) mass is 262 g/mol. The lowest BCUT2D eigenvalue weighted by Crippen LogP contribution is -2.52. The highest BCUT2D eigenvalue weighted by atomic mass is 32.1. The van der Waals surface area contributed by atoms with Crippen LogP contribution in [0.3, 0.4) is 0 Å². The van der Waals surface area contributed by atoms with Crippen LogP contribution in [0.15, 0.2) is 24.4 Å². The summed E-state index contributed by atoms with van der Waals surface area (Å²) in [4.78, 5) is 8.98. The molecule has 1 saturated heterocycles. The Morgan fingerprint density at radius 2 is 2.00 bits per heavy atom. The lowest BCUT2D eigenvalue weighted by Gasteiger charge is -2.36. The van der Waals surface area contributed by atoms with Gasteiger partial charge in [-0.25, -0.2) is 4.98 Å². The van der Waals surface area contributed by atoms with Crippen LogP contribution < -0.4 is 10.2 Å². The largest absolute Gasteiger partial charge is 0.360 e. The van der Waals surface area contributed by atoms with Crippen LogP contribution in [0.25, 0.3) is 0 Å².